The van der Waals surface area contributed by atoms with Crippen molar-refractivity contribution in [3.8, 4) is 11.1 Å². The van der Waals surface area contributed by atoms with Gasteiger partial charge in [0.05, 0.1) is 53.5 Å². The molecule has 0 N–H and O–H groups in total. The first-order chi connectivity index (χ1) is 20.8. The molecule has 2 fully saturated rings. The number of benzene rings is 1. The Labute approximate surface area is 256 Å². The van der Waals surface area contributed by atoms with Gasteiger partial charge in [0.25, 0.3) is 0 Å². The third kappa shape index (κ3) is 4.68. The second-order valence-electron chi connectivity index (χ2n) is 13.4. The van der Waals surface area contributed by atoms with E-state index in [1.165, 1.54) is 0 Å². The molecule has 2 aliphatic rings. The first-order valence-electron chi connectivity index (χ1n) is 15.0. The summed E-state index contributed by atoms with van der Waals surface area (Å²) in [5.74, 6) is 1.37. The van der Waals surface area contributed by atoms with Crippen LogP contribution < -0.4 is 9.80 Å². The topological polar surface area (TPSA) is 108 Å². The molecule has 0 unspecified atom stereocenters. The molecule has 1 amide bonds. The van der Waals surface area contributed by atoms with Crippen LogP contribution in [0.2, 0.25) is 0 Å². The second-order valence-corrected chi connectivity index (χ2v) is 13.4. The Kier molecular flexibility index (Phi) is 6.30. The fraction of sp³-hybridized carbons (Fsp3) is 0.469. The quantitative estimate of drug-likeness (QED) is 0.287. The van der Waals surface area contributed by atoms with Gasteiger partial charge in [0.1, 0.15) is 17.2 Å². The van der Waals surface area contributed by atoms with Gasteiger partial charge in [-0.2, -0.15) is 19.8 Å². The predicted molar refractivity (Wildman–Crippen MR) is 168 cm³/mol. The van der Waals surface area contributed by atoms with E-state index in [0.717, 1.165) is 76.9 Å². The maximum absolute atomic E-state index is 14.0. The molecule has 0 bridgehead atoms. The van der Waals surface area contributed by atoms with Crippen molar-refractivity contribution in [3.05, 3.63) is 53.1 Å². The van der Waals surface area contributed by atoms with Gasteiger partial charge < -0.3 is 14.4 Å². The number of carbonyl (C=O) groups is 1. The molecule has 2 aliphatic heterocycles. The van der Waals surface area contributed by atoms with Gasteiger partial charge in [-0.05, 0) is 65.3 Å². The van der Waals surface area contributed by atoms with Crippen LogP contribution in [-0.2, 0) is 30.1 Å². The molecular weight excluding hydrogens is 558 g/mol. The number of hydrogen-bond acceptors (Lipinski definition) is 8. The molecule has 6 heterocycles. The first kappa shape index (κ1) is 28.3. The number of nitrogens with zero attached hydrogens (tertiary/aromatic N) is 9. The van der Waals surface area contributed by atoms with Crippen LogP contribution in [0, 0.1) is 26.2 Å². The minimum Gasteiger partial charge on any atom is -0.443 e. The summed E-state index contributed by atoms with van der Waals surface area (Å²) in [6, 6.07) is 10.3. The average molecular weight is 598 g/mol. The zero-order valence-corrected chi connectivity index (χ0v) is 26.7. The standard InChI is InChI=1S/C32H39N9O3/c1-19-11-23(37(7)34-19)14-40(30(42)44-31(4,5)6)27-13-26(39-15-32(16-39)17-43-18-32)33-29-28(21(3)36-41(27)29)22-9-10-25-24(12-22)20(2)35-38(25)8/h9-13H,14-18H2,1-8H3. The molecule has 0 aliphatic carbocycles. The Morgan fingerprint density at radius 3 is 2.39 bits per heavy atom. The van der Waals surface area contributed by atoms with Crippen LogP contribution in [0.1, 0.15) is 43.5 Å². The number of rotatable bonds is 5. The van der Waals surface area contributed by atoms with Crippen LogP contribution in [0.3, 0.4) is 0 Å². The van der Waals surface area contributed by atoms with Crippen molar-refractivity contribution >= 4 is 34.3 Å². The highest BCUT2D eigenvalue weighted by Crippen LogP contribution is 2.42. The summed E-state index contributed by atoms with van der Waals surface area (Å²) in [6.45, 7) is 15.1. The SMILES string of the molecule is Cc1cc(CN(C(=O)OC(C)(C)C)c2cc(N3CC4(COC4)C3)nc3c(-c4ccc5c(c4)c(C)nn5C)c(C)nn23)n(C)n1. The largest absolute Gasteiger partial charge is 0.443 e. The number of hydrogen-bond donors (Lipinski definition) is 0. The molecule has 0 atom stereocenters. The van der Waals surface area contributed by atoms with E-state index >= 15 is 0 Å². The summed E-state index contributed by atoms with van der Waals surface area (Å²) in [7, 11) is 3.84. The van der Waals surface area contributed by atoms with Gasteiger partial charge in [0.2, 0.25) is 0 Å². The molecule has 44 heavy (non-hydrogen) atoms. The number of anilines is 2. The van der Waals surface area contributed by atoms with Crippen molar-refractivity contribution in [3.63, 3.8) is 0 Å². The number of amides is 1. The minimum atomic E-state index is -0.692. The molecular formula is C32H39N9O3. The molecule has 12 nitrogen and oxygen atoms in total. The molecule has 4 aromatic heterocycles. The zero-order valence-electron chi connectivity index (χ0n) is 26.7. The van der Waals surface area contributed by atoms with E-state index in [1.807, 2.05) is 72.5 Å². The van der Waals surface area contributed by atoms with Gasteiger partial charge in [-0.1, -0.05) is 6.07 Å². The smallest absolute Gasteiger partial charge is 0.416 e. The van der Waals surface area contributed by atoms with Crippen molar-refractivity contribution in [2.75, 3.05) is 36.1 Å². The van der Waals surface area contributed by atoms with Gasteiger partial charge in [-0.15, -0.1) is 0 Å². The second kappa shape index (κ2) is 9.78. The monoisotopic (exact) mass is 597 g/mol. The van der Waals surface area contributed by atoms with E-state index in [2.05, 4.69) is 33.3 Å². The Hall–Kier alpha value is -4.45. The number of ether oxygens (including phenoxy) is 2. The molecule has 0 radical (unpaired) electrons. The van der Waals surface area contributed by atoms with E-state index in [1.54, 1.807) is 14.1 Å². The number of fused-ring (bicyclic) bond motifs is 2. The van der Waals surface area contributed by atoms with Crippen molar-refractivity contribution in [1.82, 2.24) is 34.2 Å². The van der Waals surface area contributed by atoms with E-state index in [0.29, 0.717) is 11.5 Å². The number of aryl methyl sites for hydroxylation is 5. The summed E-state index contributed by atoms with van der Waals surface area (Å²) in [4.78, 5) is 23.1. The van der Waals surface area contributed by atoms with Gasteiger partial charge in [-0.3, -0.25) is 14.3 Å². The maximum atomic E-state index is 14.0. The minimum absolute atomic E-state index is 0.187. The summed E-state index contributed by atoms with van der Waals surface area (Å²) < 4.78 is 17.0. The van der Waals surface area contributed by atoms with Gasteiger partial charge in [0.15, 0.2) is 5.65 Å². The Morgan fingerprint density at radius 1 is 1.00 bits per heavy atom. The van der Waals surface area contributed by atoms with Crippen LogP contribution in [0.15, 0.2) is 30.3 Å². The van der Waals surface area contributed by atoms with E-state index in [-0.39, 0.29) is 12.0 Å². The lowest BCUT2D eigenvalue weighted by Crippen LogP contribution is -2.66. The molecule has 1 aromatic carbocycles. The fourth-order valence-electron chi connectivity index (χ4n) is 6.41. The Morgan fingerprint density at radius 2 is 1.75 bits per heavy atom. The van der Waals surface area contributed by atoms with Crippen LogP contribution in [0.4, 0.5) is 16.4 Å². The molecule has 7 rings (SSSR count). The number of aromatic nitrogens is 7. The highest BCUT2D eigenvalue weighted by molar-refractivity contribution is 5.93. The Bertz CT molecular complexity index is 1930. The average Bonchev–Trinajstić information content (AvgIpc) is 3.49. The highest BCUT2D eigenvalue weighted by atomic mass is 16.6. The van der Waals surface area contributed by atoms with Crippen molar-refractivity contribution in [2.45, 2.75) is 53.7 Å². The number of carbonyl (C=O) groups excluding carboxylic acids is 1. The summed E-state index contributed by atoms with van der Waals surface area (Å²) in [5.41, 5.74) is 6.66. The molecule has 230 valence electrons. The van der Waals surface area contributed by atoms with Crippen LogP contribution in [0.25, 0.3) is 27.7 Å². The molecule has 12 heteroatoms. The first-order valence-corrected chi connectivity index (χ1v) is 15.0. The zero-order chi connectivity index (χ0) is 31.1. The lowest BCUT2D eigenvalue weighted by Gasteiger charge is -2.55. The van der Waals surface area contributed by atoms with E-state index in [9.17, 15) is 4.79 Å². The Balaban J connectivity index is 1.42. The van der Waals surface area contributed by atoms with Crippen molar-refractivity contribution in [1.29, 1.82) is 0 Å². The third-order valence-corrected chi connectivity index (χ3v) is 8.56. The fourth-order valence-corrected chi connectivity index (χ4v) is 6.41. The molecule has 1 spiro atoms. The predicted octanol–water partition coefficient (Wildman–Crippen LogP) is 4.72. The maximum Gasteiger partial charge on any atom is 0.416 e. The van der Waals surface area contributed by atoms with Crippen LogP contribution >= 0.6 is 0 Å². The third-order valence-electron chi connectivity index (χ3n) is 8.56. The molecule has 0 saturated carbocycles. The van der Waals surface area contributed by atoms with Crippen LogP contribution in [-0.4, -0.2) is 72.2 Å². The normalized spacial score (nSPS) is 16.0. The summed E-state index contributed by atoms with van der Waals surface area (Å²) >= 11 is 0. The lowest BCUT2D eigenvalue weighted by molar-refractivity contribution is -0.127. The van der Waals surface area contributed by atoms with E-state index < -0.39 is 11.7 Å². The lowest BCUT2D eigenvalue weighted by atomic mass is 9.78. The van der Waals surface area contributed by atoms with E-state index in [4.69, 9.17) is 19.6 Å². The summed E-state index contributed by atoms with van der Waals surface area (Å²) in [5, 5.41) is 15.2. The molecule has 2 saturated heterocycles. The van der Waals surface area contributed by atoms with Gasteiger partial charge >= 0.3 is 6.09 Å². The van der Waals surface area contributed by atoms with Crippen LogP contribution in [0.5, 0.6) is 0 Å². The van der Waals surface area contributed by atoms with Crippen molar-refractivity contribution < 1.29 is 14.3 Å². The highest BCUT2D eigenvalue weighted by Gasteiger charge is 2.49. The van der Waals surface area contributed by atoms with Crippen molar-refractivity contribution in [2.24, 2.45) is 19.5 Å². The summed E-state index contributed by atoms with van der Waals surface area (Å²) in [6.07, 6.45) is -0.468. The molecule has 5 aromatic rings. The van der Waals surface area contributed by atoms with Gasteiger partial charge in [-0.25, -0.2) is 9.78 Å². The van der Waals surface area contributed by atoms with Gasteiger partial charge in [0, 0.05) is 44.2 Å².